The van der Waals surface area contributed by atoms with Gasteiger partial charge in [0.2, 0.25) is 0 Å². The van der Waals surface area contributed by atoms with Crippen LogP contribution in [0.25, 0.3) is 0 Å². The van der Waals surface area contributed by atoms with Crippen LogP contribution in [0.4, 0.5) is 0 Å². The van der Waals surface area contributed by atoms with Crippen LogP contribution in [0.3, 0.4) is 0 Å². The number of nitrogens with zero attached hydrogens (tertiary/aromatic N) is 2. The molecule has 0 atom stereocenters. The highest BCUT2D eigenvalue weighted by molar-refractivity contribution is 5.04. The maximum Gasteiger partial charge on any atom is 0.0314 e. The molecule has 19 heavy (non-hydrogen) atoms. The Morgan fingerprint density at radius 2 is 1.32 bits per heavy atom. The summed E-state index contributed by atoms with van der Waals surface area (Å²) in [6.07, 6.45) is 5.28. The Bertz CT molecular complexity index is 287. The van der Waals surface area contributed by atoms with Gasteiger partial charge in [0.25, 0.3) is 0 Å². The summed E-state index contributed by atoms with van der Waals surface area (Å²) in [5.74, 6) is 0. The van der Waals surface area contributed by atoms with Crippen molar-refractivity contribution in [3.05, 3.63) is 12.3 Å². The van der Waals surface area contributed by atoms with Gasteiger partial charge in [0.1, 0.15) is 0 Å². The first-order valence-electron chi connectivity index (χ1n) is 7.83. The first-order valence-corrected chi connectivity index (χ1v) is 7.83. The van der Waals surface area contributed by atoms with Gasteiger partial charge in [0, 0.05) is 23.3 Å². The topological polar surface area (TPSA) is 6.48 Å². The quantitative estimate of drug-likeness (QED) is 0.646. The molecular formula is C17H34N2. The Morgan fingerprint density at radius 1 is 0.789 bits per heavy atom. The van der Waals surface area contributed by atoms with Gasteiger partial charge in [0.15, 0.2) is 0 Å². The van der Waals surface area contributed by atoms with Gasteiger partial charge in [0.05, 0.1) is 0 Å². The molecule has 2 rings (SSSR count). The van der Waals surface area contributed by atoms with E-state index in [2.05, 4.69) is 57.9 Å². The molecule has 0 aromatic heterocycles. The normalized spacial score (nSPS) is 21.6. The zero-order valence-electron chi connectivity index (χ0n) is 14.1. The first-order chi connectivity index (χ1) is 8.62. The average Bonchev–Trinajstić information content (AvgIpc) is 2.84. The van der Waals surface area contributed by atoms with E-state index in [1.165, 1.54) is 51.0 Å². The van der Waals surface area contributed by atoms with Gasteiger partial charge in [-0.05, 0) is 80.3 Å². The van der Waals surface area contributed by atoms with E-state index in [1.54, 1.807) is 0 Å². The molecule has 2 heterocycles. The molecular weight excluding hydrogens is 232 g/mol. The van der Waals surface area contributed by atoms with Crippen molar-refractivity contribution in [2.24, 2.45) is 0 Å². The number of hydrogen-bond donors (Lipinski definition) is 0. The second kappa shape index (κ2) is 6.30. The maximum atomic E-state index is 4.03. The van der Waals surface area contributed by atoms with Crippen LogP contribution < -0.4 is 0 Å². The van der Waals surface area contributed by atoms with E-state index in [9.17, 15) is 0 Å². The van der Waals surface area contributed by atoms with Crippen molar-refractivity contribution in [2.45, 2.75) is 78.3 Å². The summed E-state index contributed by atoms with van der Waals surface area (Å²) in [5, 5.41) is 0. The number of allylic oxidation sites excluding steroid dienone is 1. The van der Waals surface area contributed by atoms with Gasteiger partial charge in [-0.15, -0.1) is 0 Å². The molecule has 0 aliphatic carbocycles. The highest BCUT2D eigenvalue weighted by atomic mass is 15.2. The van der Waals surface area contributed by atoms with Gasteiger partial charge in [-0.2, -0.15) is 0 Å². The molecule has 2 saturated heterocycles. The fourth-order valence-electron chi connectivity index (χ4n) is 2.93. The predicted molar refractivity (Wildman–Crippen MR) is 85.4 cm³/mol. The fourth-order valence-corrected chi connectivity index (χ4v) is 2.93. The van der Waals surface area contributed by atoms with Gasteiger partial charge >= 0.3 is 0 Å². The van der Waals surface area contributed by atoms with E-state index < -0.39 is 0 Å². The van der Waals surface area contributed by atoms with Gasteiger partial charge < -0.3 is 4.90 Å². The van der Waals surface area contributed by atoms with Gasteiger partial charge in [-0.25, -0.2) is 0 Å². The lowest BCUT2D eigenvalue weighted by molar-refractivity contribution is 0.175. The lowest BCUT2D eigenvalue weighted by Crippen LogP contribution is -2.38. The Morgan fingerprint density at radius 3 is 1.53 bits per heavy atom. The minimum absolute atomic E-state index is 0.285. The molecule has 0 spiro atoms. The summed E-state index contributed by atoms with van der Waals surface area (Å²) in [7, 11) is 0. The Labute approximate surface area is 120 Å². The highest BCUT2D eigenvalue weighted by Gasteiger charge is 2.25. The van der Waals surface area contributed by atoms with Crippen molar-refractivity contribution in [2.75, 3.05) is 19.6 Å². The monoisotopic (exact) mass is 266 g/mol. The molecule has 2 heteroatoms. The SMILES string of the molecule is C=C1CCCN1C(C)(C)C.CC(C)(C)N1CCCC1. The molecule has 0 aromatic rings. The molecule has 2 fully saturated rings. The van der Waals surface area contributed by atoms with Crippen LogP contribution in [-0.2, 0) is 0 Å². The van der Waals surface area contributed by atoms with Crippen LogP contribution in [0.15, 0.2) is 12.3 Å². The summed E-state index contributed by atoms with van der Waals surface area (Å²) in [5.41, 5.74) is 2.01. The average molecular weight is 266 g/mol. The summed E-state index contributed by atoms with van der Waals surface area (Å²) in [6.45, 7) is 21.4. The Balaban J connectivity index is 0.000000191. The predicted octanol–water partition coefficient (Wildman–Crippen LogP) is 4.28. The Hall–Kier alpha value is -0.500. The molecule has 0 aromatic carbocycles. The highest BCUT2D eigenvalue weighted by Crippen LogP contribution is 2.27. The molecule has 2 aliphatic heterocycles. The van der Waals surface area contributed by atoms with Crippen LogP contribution in [0.2, 0.25) is 0 Å². The Kier molecular flexibility index (Phi) is 5.49. The lowest BCUT2D eigenvalue weighted by Gasteiger charge is -2.34. The van der Waals surface area contributed by atoms with Crippen LogP contribution in [0.1, 0.15) is 67.2 Å². The van der Waals surface area contributed by atoms with Crippen LogP contribution in [0, 0.1) is 0 Å². The zero-order valence-corrected chi connectivity index (χ0v) is 14.1. The third kappa shape index (κ3) is 5.18. The van der Waals surface area contributed by atoms with E-state index in [0.717, 1.165) is 0 Å². The first kappa shape index (κ1) is 16.6. The third-order valence-corrected chi connectivity index (χ3v) is 4.09. The van der Waals surface area contributed by atoms with E-state index in [0.29, 0.717) is 5.54 Å². The molecule has 0 N–H and O–H groups in total. The summed E-state index contributed by atoms with van der Waals surface area (Å²) in [4.78, 5) is 4.94. The van der Waals surface area contributed by atoms with E-state index in [1.807, 2.05) is 0 Å². The summed E-state index contributed by atoms with van der Waals surface area (Å²) >= 11 is 0. The number of rotatable bonds is 0. The summed E-state index contributed by atoms with van der Waals surface area (Å²) < 4.78 is 0. The van der Waals surface area contributed by atoms with E-state index in [-0.39, 0.29) is 5.54 Å². The summed E-state index contributed by atoms with van der Waals surface area (Å²) in [6, 6.07) is 0. The second-order valence-electron chi connectivity index (χ2n) is 7.86. The minimum atomic E-state index is 0.285. The smallest absolute Gasteiger partial charge is 0.0314 e. The molecule has 0 saturated carbocycles. The maximum absolute atomic E-state index is 4.03. The minimum Gasteiger partial charge on any atom is -0.370 e. The second-order valence-corrected chi connectivity index (χ2v) is 7.86. The third-order valence-electron chi connectivity index (χ3n) is 4.09. The molecule has 0 radical (unpaired) electrons. The standard InChI is InChI=1S/C9H17N.C8H17N/c1-8-6-5-7-10(8)9(2,3)4;1-8(2,3)9-6-4-5-7-9/h1,5-7H2,2-4H3;4-7H2,1-3H3. The van der Waals surface area contributed by atoms with Gasteiger partial charge in [-0.3, -0.25) is 4.90 Å². The van der Waals surface area contributed by atoms with Crippen molar-refractivity contribution in [3.63, 3.8) is 0 Å². The largest absolute Gasteiger partial charge is 0.370 e. The van der Waals surface area contributed by atoms with Crippen LogP contribution in [-0.4, -0.2) is 40.5 Å². The number of likely N-dealkylation sites (tertiary alicyclic amines) is 2. The van der Waals surface area contributed by atoms with Crippen molar-refractivity contribution in [1.82, 2.24) is 9.80 Å². The zero-order chi connectivity index (χ0) is 14.7. The molecule has 2 nitrogen and oxygen atoms in total. The molecule has 112 valence electrons. The van der Waals surface area contributed by atoms with Crippen molar-refractivity contribution in [1.29, 1.82) is 0 Å². The molecule has 2 aliphatic rings. The number of hydrogen-bond acceptors (Lipinski definition) is 2. The molecule has 0 amide bonds. The van der Waals surface area contributed by atoms with E-state index >= 15 is 0 Å². The van der Waals surface area contributed by atoms with Crippen molar-refractivity contribution < 1.29 is 0 Å². The van der Waals surface area contributed by atoms with Gasteiger partial charge in [-0.1, -0.05) is 6.58 Å². The lowest BCUT2D eigenvalue weighted by atomic mass is 10.1. The van der Waals surface area contributed by atoms with Crippen LogP contribution in [0.5, 0.6) is 0 Å². The van der Waals surface area contributed by atoms with Crippen LogP contribution >= 0.6 is 0 Å². The van der Waals surface area contributed by atoms with Crippen molar-refractivity contribution in [3.8, 4) is 0 Å². The van der Waals surface area contributed by atoms with Crippen molar-refractivity contribution >= 4 is 0 Å². The van der Waals surface area contributed by atoms with E-state index in [4.69, 9.17) is 0 Å². The molecule has 0 unspecified atom stereocenters. The fraction of sp³-hybridized carbons (Fsp3) is 0.882. The molecule has 0 bridgehead atoms.